The molecule has 5 heteroatoms. The Labute approximate surface area is 371 Å². The fraction of sp³-hybridized carbons (Fsp3) is 0.0508. The molecule has 1 aliphatic carbocycles. The summed E-state index contributed by atoms with van der Waals surface area (Å²) in [5.41, 5.74) is 8.10. The molecule has 0 aliphatic heterocycles. The van der Waals surface area contributed by atoms with E-state index < -0.39 is 8.07 Å². The summed E-state index contributed by atoms with van der Waals surface area (Å²) in [4.78, 5) is 2.26. The third-order valence-electron chi connectivity index (χ3n) is 13.8. The van der Waals surface area contributed by atoms with Crippen molar-refractivity contribution in [3.05, 3.63) is 241 Å². The normalized spacial score (nSPS) is 13.1. The minimum atomic E-state index is -2.90. The van der Waals surface area contributed by atoms with E-state index in [0.29, 0.717) is 0 Å². The second-order valence-electron chi connectivity index (χ2n) is 17.6. The molecule has 1 aliphatic rings. The summed E-state index contributed by atoms with van der Waals surface area (Å²) >= 11 is 0. The first-order valence-corrected chi connectivity index (χ1v) is 23.9. The molecule has 0 radical (unpaired) electrons. The van der Waals surface area contributed by atoms with Crippen LogP contribution in [0, 0.1) is 11.6 Å². The Bertz CT molecular complexity index is 3490. The Kier molecular flexibility index (Phi) is 8.62. The molecule has 306 valence electrons. The number of fused-ring (bicyclic) bond motifs is 3. The lowest BCUT2D eigenvalue weighted by atomic mass is 9.81. The molecule has 0 atom stereocenters. The zero-order valence-electron chi connectivity index (χ0n) is 35.4. The average molecular weight is 845 g/mol. The number of aromatic nitrogens is 1. The predicted molar refractivity (Wildman–Crippen MR) is 266 cm³/mol. The molecule has 0 amide bonds. The van der Waals surface area contributed by atoms with E-state index in [1.165, 1.54) is 77.7 Å². The monoisotopic (exact) mass is 844 g/mol. The molecule has 1 aromatic heterocycles. The topological polar surface area (TPSA) is 8.17 Å². The molecule has 64 heavy (non-hydrogen) atoms. The van der Waals surface area contributed by atoms with Gasteiger partial charge in [0.2, 0.25) is 0 Å². The Morgan fingerprint density at radius 1 is 0.406 bits per heavy atom. The molecule has 0 saturated carbocycles. The van der Waals surface area contributed by atoms with Crippen molar-refractivity contribution in [2.45, 2.75) is 19.3 Å². The molecule has 12 rings (SSSR count). The minimum absolute atomic E-state index is 0.221. The Hall–Kier alpha value is -7.60. The molecule has 0 bridgehead atoms. The second-order valence-corrected chi connectivity index (χ2v) is 21.4. The van der Waals surface area contributed by atoms with Crippen LogP contribution in [0.4, 0.5) is 25.8 Å². The molecule has 0 unspecified atom stereocenters. The molecule has 10 aromatic carbocycles. The molecule has 2 nitrogen and oxygen atoms in total. The lowest BCUT2D eigenvalue weighted by molar-refractivity contribution is 0.627. The fourth-order valence-electron chi connectivity index (χ4n) is 10.9. The maximum Gasteiger partial charge on any atom is 0.179 e. The standard InChI is InChI=1S/C59H42F2N2Si/c1-59(2)53-20-12-13-39-21-22-40-35-46(37-54(59)58(40)57(39)53)62(43-27-23-41(60)24-28-43)45-31-33-55-51(36-45)52-38-50(32-34-56(52)63(55)44-29-25-42(61)26-30-44)64(47-14-6-3-7-15-47,48-16-8-4-9-17-48)49-18-10-5-11-19-49/h3-38H,1-2H3. The van der Waals surface area contributed by atoms with Crippen LogP contribution < -0.4 is 25.6 Å². The van der Waals surface area contributed by atoms with E-state index in [9.17, 15) is 8.78 Å². The number of benzene rings is 10. The van der Waals surface area contributed by atoms with Crippen LogP contribution >= 0.6 is 0 Å². The lowest BCUT2D eigenvalue weighted by Gasteiger charge is -2.34. The summed E-state index contributed by atoms with van der Waals surface area (Å²) in [5, 5.41) is 12.3. The zero-order valence-corrected chi connectivity index (χ0v) is 36.4. The maximum atomic E-state index is 14.7. The number of halogens is 2. The van der Waals surface area contributed by atoms with Crippen molar-refractivity contribution in [1.29, 1.82) is 0 Å². The lowest BCUT2D eigenvalue weighted by Crippen LogP contribution is -2.74. The van der Waals surface area contributed by atoms with Crippen molar-refractivity contribution in [2.24, 2.45) is 0 Å². The van der Waals surface area contributed by atoms with Gasteiger partial charge in [0.05, 0.1) is 11.0 Å². The van der Waals surface area contributed by atoms with E-state index >= 15 is 0 Å². The van der Waals surface area contributed by atoms with Crippen LogP contribution in [-0.4, -0.2) is 12.6 Å². The van der Waals surface area contributed by atoms with E-state index in [2.05, 4.69) is 193 Å². The molecule has 0 saturated heterocycles. The number of hydrogen-bond donors (Lipinski definition) is 0. The SMILES string of the molecule is CC1(C)c2cccc3ccc4cc(N(c5ccc(F)cc5)c5ccc6c(c5)c5cc([Si](c7ccccc7)(c7ccccc7)c7ccccc7)ccc5n6-c5ccc(F)cc5)cc1c4c23. The van der Waals surface area contributed by atoms with Crippen LogP contribution in [-0.2, 0) is 5.41 Å². The van der Waals surface area contributed by atoms with Crippen LogP contribution in [0.5, 0.6) is 0 Å². The van der Waals surface area contributed by atoms with Gasteiger partial charge in [0, 0.05) is 38.9 Å². The van der Waals surface area contributed by atoms with Crippen molar-refractivity contribution in [3.8, 4) is 5.69 Å². The summed E-state index contributed by atoms with van der Waals surface area (Å²) < 4.78 is 31.5. The highest BCUT2D eigenvalue weighted by Crippen LogP contribution is 2.51. The first-order chi connectivity index (χ1) is 31.3. The van der Waals surface area contributed by atoms with Gasteiger partial charge < -0.3 is 9.47 Å². The maximum absolute atomic E-state index is 14.7. The number of anilines is 3. The summed E-state index contributed by atoms with van der Waals surface area (Å²) in [5.74, 6) is -0.563. The van der Waals surface area contributed by atoms with Gasteiger partial charge >= 0.3 is 0 Å². The van der Waals surface area contributed by atoms with Crippen LogP contribution in [0.2, 0.25) is 0 Å². The molecular formula is C59H42F2N2Si. The average Bonchev–Trinajstić information content (AvgIpc) is 3.78. The van der Waals surface area contributed by atoms with Crippen LogP contribution in [0.25, 0.3) is 49.0 Å². The third-order valence-corrected chi connectivity index (χ3v) is 18.6. The van der Waals surface area contributed by atoms with Crippen molar-refractivity contribution in [1.82, 2.24) is 4.57 Å². The minimum Gasteiger partial charge on any atom is -0.310 e. The van der Waals surface area contributed by atoms with E-state index in [-0.39, 0.29) is 17.0 Å². The summed E-state index contributed by atoms with van der Waals surface area (Å²) in [7, 11) is -2.90. The number of rotatable bonds is 8. The Morgan fingerprint density at radius 3 is 1.56 bits per heavy atom. The first-order valence-electron chi connectivity index (χ1n) is 21.9. The summed E-state index contributed by atoms with van der Waals surface area (Å²) in [6, 6.07) is 75.9. The van der Waals surface area contributed by atoms with Crippen molar-refractivity contribution in [3.63, 3.8) is 0 Å². The molecule has 0 N–H and O–H groups in total. The van der Waals surface area contributed by atoms with Crippen LogP contribution in [0.1, 0.15) is 25.0 Å². The van der Waals surface area contributed by atoms with E-state index in [4.69, 9.17) is 0 Å². The number of nitrogens with zero attached hydrogens (tertiary/aromatic N) is 2. The van der Waals surface area contributed by atoms with Gasteiger partial charge in [-0.05, 0) is 138 Å². The molecule has 1 heterocycles. The summed E-state index contributed by atoms with van der Waals surface area (Å²) in [6.45, 7) is 4.64. The largest absolute Gasteiger partial charge is 0.310 e. The van der Waals surface area contributed by atoms with Gasteiger partial charge in [-0.25, -0.2) is 8.78 Å². The van der Waals surface area contributed by atoms with Crippen molar-refractivity contribution in [2.75, 3.05) is 4.90 Å². The van der Waals surface area contributed by atoms with Crippen molar-refractivity contribution < 1.29 is 8.78 Å². The smallest absolute Gasteiger partial charge is 0.179 e. The van der Waals surface area contributed by atoms with Gasteiger partial charge in [-0.3, -0.25) is 0 Å². The van der Waals surface area contributed by atoms with Gasteiger partial charge in [0.25, 0.3) is 0 Å². The van der Waals surface area contributed by atoms with Gasteiger partial charge in [0.15, 0.2) is 8.07 Å². The van der Waals surface area contributed by atoms with E-state index in [0.717, 1.165) is 44.6 Å². The predicted octanol–water partition coefficient (Wildman–Crippen LogP) is 12.9. The first kappa shape index (κ1) is 38.1. The van der Waals surface area contributed by atoms with Gasteiger partial charge in [-0.15, -0.1) is 0 Å². The third kappa shape index (κ3) is 5.67. The Balaban J connectivity index is 1.15. The zero-order chi connectivity index (χ0) is 43.2. The second kappa shape index (κ2) is 14.5. The quantitative estimate of drug-likeness (QED) is 0.0840. The number of hydrogen-bond acceptors (Lipinski definition) is 1. The van der Waals surface area contributed by atoms with E-state index in [1.54, 1.807) is 0 Å². The molecule has 0 fully saturated rings. The highest BCUT2D eigenvalue weighted by molar-refractivity contribution is 7.20. The van der Waals surface area contributed by atoms with Gasteiger partial charge in [-0.1, -0.05) is 147 Å². The van der Waals surface area contributed by atoms with Crippen molar-refractivity contribution >= 4 is 89.2 Å². The van der Waals surface area contributed by atoms with Crippen LogP contribution in [0.3, 0.4) is 0 Å². The Morgan fingerprint density at radius 2 is 0.938 bits per heavy atom. The fourth-order valence-corrected chi connectivity index (χ4v) is 15.6. The summed E-state index contributed by atoms with van der Waals surface area (Å²) in [6.07, 6.45) is 0. The highest BCUT2D eigenvalue weighted by atomic mass is 28.3. The van der Waals surface area contributed by atoms with Crippen LogP contribution in [0.15, 0.2) is 218 Å². The molecular weight excluding hydrogens is 803 g/mol. The molecule has 0 spiro atoms. The van der Waals surface area contributed by atoms with E-state index in [1.807, 2.05) is 24.3 Å². The van der Waals surface area contributed by atoms with Gasteiger partial charge in [-0.2, -0.15) is 0 Å². The molecule has 11 aromatic rings. The van der Waals surface area contributed by atoms with Gasteiger partial charge in [0.1, 0.15) is 11.6 Å². The highest BCUT2D eigenvalue weighted by Gasteiger charge is 2.42.